The minimum Gasteiger partial charge on any atom is -0.462 e. The van der Waals surface area contributed by atoms with Crippen molar-refractivity contribution in [2.45, 2.75) is 13.8 Å². The summed E-state index contributed by atoms with van der Waals surface area (Å²) >= 11 is 1.03. The van der Waals surface area contributed by atoms with Crippen LogP contribution in [0.2, 0.25) is 0 Å². The van der Waals surface area contributed by atoms with Crippen LogP contribution in [-0.2, 0) is 4.74 Å². The molecule has 3 aromatic rings. The molecule has 2 aromatic carbocycles. The van der Waals surface area contributed by atoms with Gasteiger partial charge in [0.25, 0.3) is 11.8 Å². The van der Waals surface area contributed by atoms with Crippen LogP contribution >= 0.6 is 11.3 Å². The number of hydrogen-bond acceptors (Lipinski definition) is 6. The van der Waals surface area contributed by atoms with Gasteiger partial charge in [0.05, 0.1) is 17.0 Å². The second-order valence-corrected chi connectivity index (χ2v) is 7.48. The Morgan fingerprint density at radius 3 is 2.35 bits per heavy atom. The van der Waals surface area contributed by atoms with Crippen molar-refractivity contribution in [2.75, 3.05) is 19.0 Å². The lowest BCUT2D eigenvalue weighted by atomic mass is 10.1. The van der Waals surface area contributed by atoms with Crippen LogP contribution in [0.1, 0.15) is 42.9 Å². The predicted octanol–water partition coefficient (Wildman–Crippen LogP) is 4.64. The van der Waals surface area contributed by atoms with Crippen molar-refractivity contribution in [3.05, 3.63) is 76.2 Å². The second kappa shape index (κ2) is 9.90. The van der Waals surface area contributed by atoms with Gasteiger partial charge in [-0.25, -0.2) is 4.79 Å². The van der Waals surface area contributed by atoms with E-state index in [2.05, 4.69) is 10.6 Å². The number of anilines is 1. The Morgan fingerprint density at radius 2 is 1.68 bits per heavy atom. The quantitative estimate of drug-likeness (QED) is 0.524. The lowest BCUT2D eigenvalue weighted by Crippen LogP contribution is -2.18. The predicted molar refractivity (Wildman–Crippen MR) is 119 cm³/mol. The van der Waals surface area contributed by atoms with Crippen molar-refractivity contribution < 1.29 is 23.9 Å². The number of carbonyl (C=O) groups excluding carboxylic acids is 3. The molecule has 0 bridgehead atoms. The van der Waals surface area contributed by atoms with Gasteiger partial charge in [-0.15, -0.1) is 11.3 Å². The molecule has 0 saturated heterocycles. The number of esters is 1. The summed E-state index contributed by atoms with van der Waals surface area (Å²) in [5, 5.41) is 5.54. The van der Waals surface area contributed by atoms with E-state index in [1.807, 2.05) is 30.3 Å². The summed E-state index contributed by atoms with van der Waals surface area (Å²) in [7, 11) is 1.50. The molecule has 0 aliphatic rings. The van der Waals surface area contributed by atoms with E-state index in [9.17, 15) is 14.4 Å². The number of benzene rings is 2. The van der Waals surface area contributed by atoms with Crippen molar-refractivity contribution in [1.82, 2.24) is 5.32 Å². The summed E-state index contributed by atoms with van der Waals surface area (Å²) in [4.78, 5) is 37.9. The number of ether oxygens (including phenoxy) is 2. The zero-order chi connectivity index (χ0) is 22.4. The molecule has 2 amide bonds. The number of thiophene rings is 1. The average Bonchev–Trinajstić information content (AvgIpc) is 3.10. The molecule has 0 unspecified atom stereocenters. The minimum atomic E-state index is -0.595. The minimum absolute atomic E-state index is 0.176. The summed E-state index contributed by atoms with van der Waals surface area (Å²) < 4.78 is 10.9. The molecular weight excluding hydrogens is 416 g/mol. The van der Waals surface area contributed by atoms with Crippen molar-refractivity contribution >= 4 is 34.1 Å². The molecule has 7 nitrogen and oxygen atoms in total. The third kappa shape index (κ3) is 5.10. The average molecular weight is 439 g/mol. The van der Waals surface area contributed by atoms with Crippen molar-refractivity contribution in [2.24, 2.45) is 0 Å². The highest BCUT2D eigenvalue weighted by atomic mass is 32.1. The molecule has 0 saturated carbocycles. The van der Waals surface area contributed by atoms with Gasteiger partial charge in [-0.2, -0.15) is 0 Å². The lowest BCUT2D eigenvalue weighted by molar-refractivity contribution is 0.0527. The molecule has 0 aliphatic heterocycles. The number of hydrogen-bond donors (Lipinski definition) is 2. The third-order valence-corrected chi connectivity index (χ3v) is 5.57. The second-order valence-electron chi connectivity index (χ2n) is 6.46. The van der Waals surface area contributed by atoms with E-state index < -0.39 is 11.9 Å². The van der Waals surface area contributed by atoms with E-state index in [-0.39, 0.29) is 23.1 Å². The molecule has 31 heavy (non-hydrogen) atoms. The molecule has 3 rings (SSSR count). The van der Waals surface area contributed by atoms with Crippen LogP contribution in [0, 0.1) is 6.92 Å². The maximum absolute atomic E-state index is 12.9. The first-order chi connectivity index (χ1) is 14.9. The molecule has 1 aromatic heterocycles. The Hall–Kier alpha value is -3.65. The van der Waals surface area contributed by atoms with Gasteiger partial charge in [0, 0.05) is 12.6 Å². The lowest BCUT2D eigenvalue weighted by Gasteiger charge is -2.09. The van der Waals surface area contributed by atoms with Gasteiger partial charge in [-0.05, 0) is 49.7 Å². The van der Waals surface area contributed by atoms with Gasteiger partial charge in [-0.3, -0.25) is 9.59 Å². The molecule has 2 N–H and O–H groups in total. The first kappa shape index (κ1) is 22.0. The van der Waals surface area contributed by atoms with E-state index in [0.717, 1.165) is 11.3 Å². The third-order valence-electron chi connectivity index (χ3n) is 4.36. The van der Waals surface area contributed by atoms with Crippen molar-refractivity contribution in [1.29, 1.82) is 0 Å². The Labute approximate surface area is 184 Å². The fourth-order valence-electron chi connectivity index (χ4n) is 2.88. The van der Waals surface area contributed by atoms with Crippen LogP contribution in [0.5, 0.6) is 11.5 Å². The van der Waals surface area contributed by atoms with E-state index in [0.29, 0.717) is 27.5 Å². The highest BCUT2D eigenvalue weighted by molar-refractivity contribution is 7.18. The van der Waals surface area contributed by atoms with E-state index in [1.54, 1.807) is 38.1 Å². The molecule has 1 heterocycles. The standard InChI is InChI=1S/C23H22N2O5S/c1-4-29-23(28)18-14(2)19(21(27)24-3)31-22(18)25-20(26)15-9-8-12-17(13-15)30-16-10-6-5-7-11-16/h5-13H,4H2,1-3H3,(H,24,27)(H,25,26). The number of nitrogens with one attached hydrogen (secondary N) is 2. The maximum Gasteiger partial charge on any atom is 0.341 e. The van der Waals surface area contributed by atoms with E-state index in [1.165, 1.54) is 7.05 Å². The molecule has 0 fully saturated rings. The van der Waals surface area contributed by atoms with Crippen LogP contribution in [0.15, 0.2) is 54.6 Å². The van der Waals surface area contributed by atoms with Gasteiger partial charge in [0.1, 0.15) is 16.5 Å². The van der Waals surface area contributed by atoms with Crippen LogP contribution in [0.4, 0.5) is 5.00 Å². The Kier molecular flexibility index (Phi) is 7.04. The molecule has 160 valence electrons. The Bertz CT molecular complexity index is 1110. The van der Waals surface area contributed by atoms with Crippen LogP contribution in [-0.4, -0.2) is 31.4 Å². The van der Waals surface area contributed by atoms with Crippen LogP contribution < -0.4 is 15.4 Å². The van der Waals surface area contributed by atoms with Gasteiger partial charge in [0.15, 0.2) is 0 Å². The fraction of sp³-hybridized carbons (Fsp3) is 0.174. The van der Waals surface area contributed by atoms with E-state index >= 15 is 0 Å². The zero-order valence-electron chi connectivity index (χ0n) is 17.4. The fourth-order valence-corrected chi connectivity index (χ4v) is 4.02. The summed E-state index contributed by atoms with van der Waals surface area (Å²) in [5.41, 5.74) is 0.977. The van der Waals surface area contributed by atoms with Gasteiger partial charge in [-0.1, -0.05) is 24.3 Å². The van der Waals surface area contributed by atoms with Gasteiger partial charge < -0.3 is 20.1 Å². The number of rotatable bonds is 7. The molecule has 0 radical (unpaired) electrons. The first-order valence-corrected chi connectivity index (χ1v) is 10.4. The first-order valence-electron chi connectivity index (χ1n) is 9.61. The van der Waals surface area contributed by atoms with Crippen LogP contribution in [0.3, 0.4) is 0 Å². The summed E-state index contributed by atoms with van der Waals surface area (Å²) in [6.07, 6.45) is 0. The highest BCUT2D eigenvalue weighted by Gasteiger charge is 2.26. The summed E-state index contributed by atoms with van der Waals surface area (Å²) in [5.74, 6) is -0.227. The molecular formula is C23H22N2O5S. The molecule has 0 spiro atoms. The van der Waals surface area contributed by atoms with Gasteiger partial charge >= 0.3 is 5.97 Å². The van der Waals surface area contributed by atoms with Crippen molar-refractivity contribution in [3.8, 4) is 11.5 Å². The number of amides is 2. The Morgan fingerprint density at radius 1 is 0.968 bits per heavy atom. The molecule has 0 aliphatic carbocycles. The molecule has 8 heteroatoms. The number of carbonyl (C=O) groups is 3. The summed E-state index contributed by atoms with van der Waals surface area (Å²) in [6, 6.07) is 15.9. The summed E-state index contributed by atoms with van der Waals surface area (Å²) in [6.45, 7) is 3.52. The number of para-hydroxylation sites is 1. The maximum atomic E-state index is 12.9. The normalized spacial score (nSPS) is 10.3. The van der Waals surface area contributed by atoms with Crippen LogP contribution in [0.25, 0.3) is 0 Å². The topological polar surface area (TPSA) is 93.7 Å². The van der Waals surface area contributed by atoms with Crippen molar-refractivity contribution in [3.63, 3.8) is 0 Å². The van der Waals surface area contributed by atoms with Gasteiger partial charge in [0.2, 0.25) is 0 Å². The van der Waals surface area contributed by atoms with E-state index in [4.69, 9.17) is 9.47 Å². The molecule has 0 atom stereocenters. The monoisotopic (exact) mass is 438 g/mol. The Balaban J connectivity index is 1.88. The largest absolute Gasteiger partial charge is 0.462 e. The highest BCUT2D eigenvalue weighted by Crippen LogP contribution is 2.34. The SMILES string of the molecule is CCOC(=O)c1c(NC(=O)c2cccc(Oc3ccccc3)c2)sc(C(=O)NC)c1C. The zero-order valence-corrected chi connectivity index (χ0v) is 18.2. The smallest absolute Gasteiger partial charge is 0.341 e.